The lowest BCUT2D eigenvalue weighted by Gasteiger charge is -2.24. The lowest BCUT2D eigenvalue weighted by Crippen LogP contribution is -2.19. The van der Waals surface area contributed by atoms with E-state index in [1.165, 1.54) is 30.8 Å². The van der Waals surface area contributed by atoms with Crippen molar-refractivity contribution >= 4 is 0 Å². The fourth-order valence-corrected chi connectivity index (χ4v) is 2.36. The first-order valence-corrected chi connectivity index (χ1v) is 5.49. The number of hydrogen-bond acceptors (Lipinski definition) is 2. The summed E-state index contributed by atoms with van der Waals surface area (Å²) < 4.78 is 2.38. The second-order valence-electron chi connectivity index (χ2n) is 4.11. The summed E-state index contributed by atoms with van der Waals surface area (Å²) in [6.45, 7) is 4.37. The zero-order valence-corrected chi connectivity index (χ0v) is 9.08. The zero-order valence-electron chi connectivity index (χ0n) is 9.08. The molecule has 2 heterocycles. The molecule has 1 unspecified atom stereocenters. The molecule has 1 aliphatic rings. The van der Waals surface area contributed by atoms with Gasteiger partial charge < -0.3 is 9.88 Å². The van der Waals surface area contributed by atoms with E-state index in [1.807, 2.05) is 7.05 Å². The minimum absolute atomic E-state index is 0.720. The molecule has 1 aromatic heterocycles. The topological polar surface area (TPSA) is 29.9 Å². The van der Waals surface area contributed by atoms with Crippen molar-refractivity contribution in [3.05, 3.63) is 17.7 Å². The quantitative estimate of drug-likeness (QED) is 0.791. The molecule has 0 fully saturated rings. The van der Waals surface area contributed by atoms with Crippen LogP contribution in [0, 0.1) is 6.92 Å². The summed E-state index contributed by atoms with van der Waals surface area (Å²) in [6.07, 6.45) is 5.93. The maximum absolute atomic E-state index is 4.40. The number of imidazole rings is 1. The highest BCUT2D eigenvalue weighted by atomic mass is 15.1. The second-order valence-corrected chi connectivity index (χ2v) is 4.11. The van der Waals surface area contributed by atoms with Gasteiger partial charge in [-0.1, -0.05) is 0 Å². The van der Waals surface area contributed by atoms with Gasteiger partial charge in [0.25, 0.3) is 0 Å². The molecule has 0 aliphatic carbocycles. The van der Waals surface area contributed by atoms with Crippen LogP contribution in [0.25, 0.3) is 0 Å². The van der Waals surface area contributed by atoms with E-state index in [0.717, 1.165) is 19.0 Å². The molecule has 1 atom stereocenters. The van der Waals surface area contributed by atoms with Crippen molar-refractivity contribution in [1.29, 1.82) is 0 Å². The summed E-state index contributed by atoms with van der Waals surface area (Å²) in [5.41, 5.74) is 1.45. The van der Waals surface area contributed by atoms with E-state index in [4.69, 9.17) is 0 Å². The molecular formula is C11H19N3. The summed E-state index contributed by atoms with van der Waals surface area (Å²) in [7, 11) is 2.02. The van der Waals surface area contributed by atoms with E-state index >= 15 is 0 Å². The van der Waals surface area contributed by atoms with Crippen molar-refractivity contribution in [2.45, 2.75) is 38.6 Å². The third-order valence-corrected chi connectivity index (χ3v) is 3.18. The number of aromatic nitrogens is 2. The predicted molar refractivity (Wildman–Crippen MR) is 57.5 cm³/mol. The van der Waals surface area contributed by atoms with Gasteiger partial charge in [-0.05, 0) is 39.8 Å². The van der Waals surface area contributed by atoms with Gasteiger partial charge in [-0.25, -0.2) is 4.98 Å². The summed E-state index contributed by atoms with van der Waals surface area (Å²) in [5, 5.41) is 3.22. The maximum Gasteiger partial charge on any atom is 0.105 e. The Labute approximate surface area is 85.5 Å². The molecular weight excluding hydrogens is 174 g/mol. The summed E-state index contributed by atoms with van der Waals surface area (Å²) in [4.78, 5) is 4.40. The average molecular weight is 193 g/mol. The Hall–Kier alpha value is -0.830. The lowest BCUT2D eigenvalue weighted by atomic mass is 9.93. The lowest BCUT2D eigenvalue weighted by molar-refractivity contribution is 0.427. The number of rotatable bonds is 3. The third kappa shape index (κ3) is 1.69. The predicted octanol–water partition coefficient (Wildman–Crippen LogP) is 1.68. The zero-order chi connectivity index (χ0) is 9.97. The van der Waals surface area contributed by atoms with Gasteiger partial charge in [0.05, 0.1) is 0 Å². The minimum atomic E-state index is 0.720. The Kier molecular flexibility index (Phi) is 2.87. The number of nitrogens with one attached hydrogen (secondary N) is 1. The van der Waals surface area contributed by atoms with Crippen LogP contribution in [-0.4, -0.2) is 23.1 Å². The summed E-state index contributed by atoms with van der Waals surface area (Å²) in [6, 6.07) is 0. The van der Waals surface area contributed by atoms with Crippen molar-refractivity contribution in [3.8, 4) is 0 Å². The third-order valence-electron chi connectivity index (χ3n) is 3.18. The SMILES string of the molecule is CNCCC1CCCn2c1cnc2C. The first kappa shape index (κ1) is 9.71. The molecule has 1 N–H and O–H groups in total. The van der Waals surface area contributed by atoms with E-state index in [9.17, 15) is 0 Å². The number of aryl methyl sites for hydroxylation is 1. The van der Waals surface area contributed by atoms with Gasteiger partial charge in [0.15, 0.2) is 0 Å². The Morgan fingerprint density at radius 2 is 2.50 bits per heavy atom. The molecule has 0 radical (unpaired) electrons. The molecule has 78 valence electrons. The highest BCUT2D eigenvalue weighted by molar-refractivity contribution is 5.12. The average Bonchev–Trinajstić information content (AvgIpc) is 2.58. The van der Waals surface area contributed by atoms with E-state index < -0.39 is 0 Å². The molecule has 3 heteroatoms. The number of hydrogen-bond donors (Lipinski definition) is 1. The normalized spacial score (nSPS) is 20.9. The van der Waals surface area contributed by atoms with E-state index in [1.54, 1.807) is 0 Å². The smallest absolute Gasteiger partial charge is 0.105 e. The van der Waals surface area contributed by atoms with Crippen LogP contribution in [-0.2, 0) is 6.54 Å². The molecule has 0 bridgehead atoms. The number of fused-ring (bicyclic) bond motifs is 1. The molecule has 2 rings (SSSR count). The summed E-state index contributed by atoms with van der Waals surface area (Å²) in [5.74, 6) is 1.89. The molecule has 1 aliphatic heterocycles. The van der Waals surface area contributed by atoms with Crippen molar-refractivity contribution in [2.24, 2.45) is 0 Å². The van der Waals surface area contributed by atoms with Crippen molar-refractivity contribution in [1.82, 2.24) is 14.9 Å². The van der Waals surface area contributed by atoms with E-state index in [-0.39, 0.29) is 0 Å². The van der Waals surface area contributed by atoms with Gasteiger partial charge in [-0.15, -0.1) is 0 Å². The van der Waals surface area contributed by atoms with Gasteiger partial charge >= 0.3 is 0 Å². The van der Waals surface area contributed by atoms with Crippen LogP contribution in [0.4, 0.5) is 0 Å². The van der Waals surface area contributed by atoms with E-state index in [0.29, 0.717) is 0 Å². The monoisotopic (exact) mass is 193 g/mol. The Balaban J connectivity index is 2.14. The van der Waals surface area contributed by atoms with Crippen molar-refractivity contribution < 1.29 is 0 Å². The highest BCUT2D eigenvalue weighted by Crippen LogP contribution is 2.30. The van der Waals surface area contributed by atoms with Gasteiger partial charge in [-0.2, -0.15) is 0 Å². The first-order chi connectivity index (χ1) is 6.83. The van der Waals surface area contributed by atoms with E-state index in [2.05, 4.69) is 28.0 Å². The molecule has 0 spiro atoms. The van der Waals surface area contributed by atoms with Crippen LogP contribution in [0.3, 0.4) is 0 Å². The van der Waals surface area contributed by atoms with Gasteiger partial charge in [-0.3, -0.25) is 0 Å². The summed E-state index contributed by atoms with van der Waals surface area (Å²) >= 11 is 0. The molecule has 1 aromatic rings. The van der Waals surface area contributed by atoms with Crippen LogP contribution < -0.4 is 5.32 Å². The second kappa shape index (κ2) is 4.13. The van der Waals surface area contributed by atoms with Crippen LogP contribution in [0.2, 0.25) is 0 Å². The molecule has 3 nitrogen and oxygen atoms in total. The Bertz CT molecular complexity index is 303. The van der Waals surface area contributed by atoms with Crippen LogP contribution in [0.5, 0.6) is 0 Å². The fraction of sp³-hybridized carbons (Fsp3) is 0.727. The van der Waals surface area contributed by atoms with Gasteiger partial charge in [0, 0.05) is 24.4 Å². The standard InChI is InChI=1S/C11H19N3/c1-9-13-8-11-10(5-6-12-2)4-3-7-14(9)11/h8,10,12H,3-7H2,1-2H3. The molecule has 0 saturated carbocycles. The first-order valence-electron chi connectivity index (χ1n) is 5.49. The number of nitrogens with zero attached hydrogens (tertiary/aromatic N) is 2. The highest BCUT2D eigenvalue weighted by Gasteiger charge is 2.21. The van der Waals surface area contributed by atoms with Crippen molar-refractivity contribution in [3.63, 3.8) is 0 Å². The van der Waals surface area contributed by atoms with Gasteiger partial charge in [0.2, 0.25) is 0 Å². The molecule has 14 heavy (non-hydrogen) atoms. The molecule has 0 saturated heterocycles. The molecule has 0 aromatic carbocycles. The van der Waals surface area contributed by atoms with Crippen LogP contribution in [0.15, 0.2) is 6.20 Å². The Morgan fingerprint density at radius 1 is 1.64 bits per heavy atom. The minimum Gasteiger partial charge on any atom is -0.332 e. The Morgan fingerprint density at radius 3 is 3.29 bits per heavy atom. The maximum atomic E-state index is 4.40. The van der Waals surface area contributed by atoms with Crippen LogP contribution >= 0.6 is 0 Å². The van der Waals surface area contributed by atoms with Gasteiger partial charge in [0.1, 0.15) is 5.82 Å². The fourth-order valence-electron chi connectivity index (χ4n) is 2.36. The largest absolute Gasteiger partial charge is 0.332 e. The van der Waals surface area contributed by atoms with Crippen LogP contribution in [0.1, 0.15) is 36.7 Å². The molecule has 0 amide bonds. The van der Waals surface area contributed by atoms with Crippen molar-refractivity contribution in [2.75, 3.05) is 13.6 Å².